The molecule has 3 atom stereocenters. The number of rotatable bonds is 12. The molecule has 20 heteroatoms. The van der Waals surface area contributed by atoms with Gasteiger partial charge in [0.15, 0.2) is 0 Å². The number of primary amides is 1. The lowest BCUT2D eigenvalue weighted by Gasteiger charge is -2.30. The Morgan fingerprint density at radius 2 is 0.677 bits per heavy atom. The van der Waals surface area contributed by atoms with Gasteiger partial charge in [-0.15, -0.1) is 0 Å². The molecule has 0 unspecified atom stereocenters. The van der Waals surface area contributed by atoms with Crippen molar-refractivity contribution in [1.29, 1.82) is 0 Å². The number of nitrogens with two attached hydrogens (primary N) is 1. The van der Waals surface area contributed by atoms with Crippen LogP contribution in [0.3, 0.4) is 0 Å². The Morgan fingerprint density at radius 3 is 0.831 bits per heavy atom. The third kappa shape index (κ3) is 12.0. The summed E-state index contributed by atoms with van der Waals surface area (Å²) in [5, 5.41) is 78.1. The molecule has 1 amide bonds. The quantitative estimate of drug-likeness (QED) is 0.0782. The first kappa shape index (κ1) is 58.2. The van der Waals surface area contributed by atoms with Crippen LogP contribution in [0.15, 0.2) is 36.4 Å². The van der Waals surface area contributed by atoms with E-state index < -0.39 is 70.5 Å². The number of carboxylic acid groups (broad SMARTS) is 1. The van der Waals surface area contributed by atoms with Crippen LogP contribution in [0.2, 0.25) is 0 Å². The molecular formula is C45H60F9NO10. The Kier molecular flexibility index (Phi) is 18.6. The molecule has 3 aromatic rings. The Balaban J connectivity index is 0.000000488. The van der Waals surface area contributed by atoms with Crippen molar-refractivity contribution < 1.29 is 90.0 Å². The molecule has 0 fully saturated rings. The van der Waals surface area contributed by atoms with Crippen molar-refractivity contribution in [2.45, 2.75) is 154 Å². The van der Waals surface area contributed by atoms with Crippen molar-refractivity contribution in [2.75, 3.05) is 6.61 Å². The normalized spacial score (nSPS) is 15.3. The van der Waals surface area contributed by atoms with Gasteiger partial charge in [0.05, 0.1) is 6.61 Å². The fraction of sp³-hybridized carbons (Fsp3) is 0.556. The molecule has 3 rings (SSSR count). The molecule has 368 valence electrons. The summed E-state index contributed by atoms with van der Waals surface area (Å²) in [7, 11) is 0. The van der Waals surface area contributed by atoms with Gasteiger partial charge in [0.1, 0.15) is 17.2 Å². The molecule has 0 saturated heterocycles. The van der Waals surface area contributed by atoms with Gasteiger partial charge in [-0.3, -0.25) is 4.79 Å². The Hall–Kier alpha value is -4.79. The number of phenols is 3. The van der Waals surface area contributed by atoms with E-state index in [1.165, 1.54) is 0 Å². The molecule has 11 nitrogen and oxygen atoms in total. The highest BCUT2D eigenvalue weighted by Gasteiger charge is 2.62. The lowest BCUT2D eigenvalue weighted by molar-refractivity contribution is -0.277. The number of hydrogen-bond donors (Lipinski definition) is 9. The molecule has 0 aromatic heterocycles. The van der Waals surface area contributed by atoms with Crippen LogP contribution in [0, 0.1) is 0 Å². The lowest BCUT2D eigenvalue weighted by Crippen LogP contribution is -2.52. The van der Waals surface area contributed by atoms with Gasteiger partial charge in [-0.05, 0) is 111 Å². The maximum atomic E-state index is 13.2. The van der Waals surface area contributed by atoms with Gasteiger partial charge in [0, 0.05) is 11.1 Å². The maximum absolute atomic E-state index is 13.2. The van der Waals surface area contributed by atoms with Crippen molar-refractivity contribution in [1.82, 2.24) is 0 Å². The molecule has 0 aliphatic rings. The molecule has 0 spiro atoms. The minimum absolute atomic E-state index is 0.0637. The number of aliphatic hydroxyl groups excluding tert-OH is 1. The smallest absolute Gasteiger partial charge is 0.432 e. The maximum Gasteiger partial charge on any atom is 0.432 e. The van der Waals surface area contributed by atoms with Crippen LogP contribution in [-0.2, 0) is 26.4 Å². The standard InChI is InChI=1S/C15H20F3NO3.C15H19F3O4.C15H21F3O3/c1-7(2)10-5-9(6-11(8(3)4)12(10)20)14(22,13(19)21)15(16,17)18;1-7(2)10-5-9(6-11(8(3)4)12(10)19)14(22,13(20)21)15(16,17)18;1-8(2)11-5-10(6-12(9(3)4)13(11)20)14(21,7-19)15(16,17)18/h5-8,20,22H,1-4H3,(H2,19,21);5-8,19,22H,1-4H3,(H,20,21);5-6,8-9,19-21H,7H2,1-4H3/t3*14-/m001/s1. The summed E-state index contributed by atoms with van der Waals surface area (Å²) in [4.78, 5) is 22.4. The summed E-state index contributed by atoms with van der Waals surface area (Å²) < 4.78 is 118. The number of amides is 1. The molecular weight excluding hydrogens is 885 g/mol. The van der Waals surface area contributed by atoms with E-state index in [1.54, 1.807) is 83.1 Å². The number of carbonyl (C=O) groups excluding carboxylic acids is 1. The second kappa shape index (κ2) is 20.8. The number of alkyl halides is 9. The fourth-order valence-corrected chi connectivity index (χ4v) is 6.54. The molecule has 0 aliphatic heterocycles. The number of aromatic hydroxyl groups is 3. The second-order valence-electron chi connectivity index (χ2n) is 17.5. The third-order valence-electron chi connectivity index (χ3n) is 10.7. The SMILES string of the molecule is CC(C)c1cc([C@](O)(C(=O)O)C(F)(F)F)cc(C(C)C)c1O.CC(C)c1cc([C@](O)(C(N)=O)C(F)(F)F)cc(C(C)C)c1O.CC(C)c1cc([C@](O)(CO)C(F)(F)F)cc(C(C)C)c1O. The lowest BCUT2D eigenvalue weighted by atomic mass is 9.84. The second-order valence-corrected chi connectivity index (χ2v) is 17.5. The summed E-state index contributed by atoms with van der Waals surface area (Å²) >= 11 is 0. The van der Waals surface area contributed by atoms with Crippen LogP contribution in [-0.4, -0.2) is 77.9 Å². The van der Waals surface area contributed by atoms with E-state index in [9.17, 15) is 79.7 Å². The average Bonchev–Trinajstić information content (AvgIpc) is 3.15. The van der Waals surface area contributed by atoms with Gasteiger partial charge in [-0.25, -0.2) is 4.79 Å². The summed E-state index contributed by atoms with van der Waals surface area (Å²) in [5.74, 6) is -6.43. The third-order valence-corrected chi connectivity index (χ3v) is 10.7. The van der Waals surface area contributed by atoms with Crippen molar-refractivity contribution in [3.63, 3.8) is 0 Å². The van der Waals surface area contributed by atoms with E-state index >= 15 is 0 Å². The van der Waals surface area contributed by atoms with E-state index in [1.807, 2.05) is 0 Å². The zero-order valence-electron chi connectivity index (χ0n) is 38.0. The van der Waals surface area contributed by atoms with Crippen molar-refractivity contribution in [2.24, 2.45) is 5.73 Å². The zero-order chi connectivity index (χ0) is 51.5. The van der Waals surface area contributed by atoms with Crippen LogP contribution in [0.4, 0.5) is 39.5 Å². The monoisotopic (exact) mass is 945 g/mol. The number of carboxylic acids is 1. The number of aliphatic carboxylic acids is 1. The van der Waals surface area contributed by atoms with Gasteiger partial charge < -0.3 is 46.6 Å². The first-order valence-electron chi connectivity index (χ1n) is 20.3. The van der Waals surface area contributed by atoms with Gasteiger partial charge in [-0.2, -0.15) is 39.5 Å². The van der Waals surface area contributed by atoms with Crippen molar-refractivity contribution in [3.05, 3.63) is 86.5 Å². The predicted octanol–water partition coefficient (Wildman–Crippen LogP) is 9.73. The van der Waals surface area contributed by atoms with Crippen molar-refractivity contribution in [3.8, 4) is 17.2 Å². The van der Waals surface area contributed by atoms with Crippen LogP contribution in [0.25, 0.3) is 0 Å². The Bertz CT molecular complexity index is 1960. The van der Waals surface area contributed by atoms with Crippen LogP contribution >= 0.6 is 0 Å². The Labute approximate surface area is 371 Å². The van der Waals surface area contributed by atoms with E-state index in [4.69, 9.17) is 15.9 Å². The van der Waals surface area contributed by atoms with E-state index in [2.05, 4.69) is 0 Å². The topological polar surface area (TPSA) is 222 Å². The van der Waals surface area contributed by atoms with Crippen LogP contribution < -0.4 is 5.73 Å². The van der Waals surface area contributed by atoms with Crippen molar-refractivity contribution >= 4 is 11.9 Å². The highest BCUT2D eigenvalue weighted by Crippen LogP contribution is 2.47. The highest BCUT2D eigenvalue weighted by molar-refractivity contribution is 5.86. The number of hydrogen-bond acceptors (Lipinski definition) is 9. The first-order chi connectivity index (χ1) is 29.1. The predicted molar refractivity (Wildman–Crippen MR) is 223 cm³/mol. The zero-order valence-corrected chi connectivity index (χ0v) is 38.0. The summed E-state index contributed by atoms with van der Waals surface area (Å²) in [6.07, 6.45) is -15.7. The van der Waals surface area contributed by atoms with Gasteiger partial charge in [-0.1, -0.05) is 83.1 Å². The minimum Gasteiger partial charge on any atom is -0.507 e. The van der Waals surface area contributed by atoms with Gasteiger partial charge >= 0.3 is 24.5 Å². The molecule has 3 aromatic carbocycles. The van der Waals surface area contributed by atoms with Crippen LogP contribution in [0.1, 0.15) is 169 Å². The van der Waals surface area contributed by atoms with Crippen LogP contribution in [0.5, 0.6) is 17.2 Å². The van der Waals surface area contributed by atoms with E-state index in [0.717, 1.165) is 36.4 Å². The molecule has 0 bridgehead atoms. The Morgan fingerprint density at radius 1 is 0.462 bits per heavy atom. The number of carbonyl (C=O) groups is 2. The minimum atomic E-state index is -5.39. The van der Waals surface area contributed by atoms with E-state index in [-0.39, 0.29) is 75.0 Å². The molecule has 0 aliphatic carbocycles. The molecule has 0 saturated carbocycles. The summed E-state index contributed by atoms with van der Waals surface area (Å²) in [6, 6.07) is 5.96. The number of aliphatic hydroxyl groups is 4. The average molecular weight is 946 g/mol. The largest absolute Gasteiger partial charge is 0.507 e. The fourth-order valence-electron chi connectivity index (χ4n) is 6.54. The van der Waals surface area contributed by atoms with Gasteiger partial charge in [0.25, 0.3) is 17.1 Å². The first-order valence-corrected chi connectivity index (χ1v) is 20.3. The summed E-state index contributed by atoms with van der Waals surface area (Å²) in [5.41, 5.74) is -6.93. The number of phenolic OH excluding ortho intramolecular Hbond substituents is 3. The molecule has 10 N–H and O–H groups in total. The molecule has 65 heavy (non-hydrogen) atoms. The van der Waals surface area contributed by atoms with Gasteiger partial charge in [0.2, 0.25) is 5.60 Å². The molecule has 0 radical (unpaired) electrons. The number of halogens is 9. The summed E-state index contributed by atoms with van der Waals surface area (Å²) in [6.45, 7) is 18.8. The number of benzene rings is 3. The van der Waals surface area contributed by atoms with E-state index in [0.29, 0.717) is 11.1 Å². The highest BCUT2D eigenvalue weighted by atomic mass is 19.4. The molecule has 0 heterocycles.